The molecule has 0 aliphatic carbocycles. The van der Waals surface area contributed by atoms with Gasteiger partial charge in [-0.05, 0) is 31.6 Å². The van der Waals surface area contributed by atoms with Crippen LogP contribution in [0.15, 0.2) is 23.0 Å². The number of likely N-dealkylation sites (tertiary alicyclic amines) is 1. The Morgan fingerprint density at radius 2 is 2.25 bits per heavy atom. The third-order valence-electron chi connectivity index (χ3n) is 4.43. The van der Waals surface area contributed by atoms with Crippen LogP contribution in [-0.2, 0) is 12.8 Å². The number of rotatable bonds is 5. The SMILES string of the molecule is CCc1cc(C(=O)N2CCC[C@@H](Cc3nccnc3NC)C2)on1. The fourth-order valence-electron chi connectivity index (χ4n) is 3.15. The Bertz CT molecular complexity index is 700. The highest BCUT2D eigenvalue weighted by Gasteiger charge is 2.27. The molecular formula is C17H23N5O2. The van der Waals surface area contributed by atoms with Crippen molar-refractivity contribution in [3.8, 4) is 0 Å². The average molecular weight is 329 g/mol. The van der Waals surface area contributed by atoms with Gasteiger partial charge in [-0.2, -0.15) is 0 Å². The van der Waals surface area contributed by atoms with Gasteiger partial charge >= 0.3 is 0 Å². The topological polar surface area (TPSA) is 84.2 Å². The Morgan fingerprint density at radius 1 is 1.42 bits per heavy atom. The number of hydrogen-bond donors (Lipinski definition) is 1. The molecule has 0 radical (unpaired) electrons. The zero-order chi connectivity index (χ0) is 16.9. The molecule has 2 aromatic heterocycles. The molecule has 1 fully saturated rings. The van der Waals surface area contributed by atoms with Crippen LogP contribution in [0.1, 0.15) is 41.7 Å². The number of nitrogens with one attached hydrogen (secondary N) is 1. The number of aromatic nitrogens is 3. The van der Waals surface area contributed by atoms with E-state index in [1.165, 1.54) is 0 Å². The van der Waals surface area contributed by atoms with E-state index in [1.54, 1.807) is 18.5 Å². The van der Waals surface area contributed by atoms with Crippen LogP contribution in [0.5, 0.6) is 0 Å². The zero-order valence-electron chi connectivity index (χ0n) is 14.2. The van der Waals surface area contributed by atoms with Crippen molar-refractivity contribution < 1.29 is 9.32 Å². The average Bonchev–Trinajstić information content (AvgIpc) is 3.11. The lowest BCUT2D eigenvalue weighted by Crippen LogP contribution is -2.40. The molecule has 3 rings (SSSR count). The summed E-state index contributed by atoms with van der Waals surface area (Å²) in [6.45, 7) is 3.46. The maximum Gasteiger partial charge on any atom is 0.292 e. The third kappa shape index (κ3) is 3.55. The standard InChI is InChI=1S/C17H23N5O2/c1-3-13-10-15(24-21-13)17(23)22-8-4-5-12(11-22)9-14-16(18-2)20-7-6-19-14/h6-7,10,12H,3-5,8-9,11H2,1-2H3,(H,18,20)/t12-/m0/s1. The minimum atomic E-state index is -0.0696. The maximum atomic E-state index is 12.6. The monoisotopic (exact) mass is 329 g/mol. The summed E-state index contributed by atoms with van der Waals surface area (Å²) in [5.41, 5.74) is 1.76. The first kappa shape index (κ1) is 16.4. The third-order valence-corrected chi connectivity index (χ3v) is 4.43. The fourth-order valence-corrected chi connectivity index (χ4v) is 3.15. The molecule has 0 spiro atoms. The number of amides is 1. The first-order valence-corrected chi connectivity index (χ1v) is 8.43. The van der Waals surface area contributed by atoms with E-state index in [0.29, 0.717) is 18.2 Å². The highest BCUT2D eigenvalue weighted by atomic mass is 16.5. The van der Waals surface area contributed by atoms with E-state index in [9.17, 15) is 4.79 Å². The van der Waals surface area contributed by atoms with Gasteiger partial charge in [-0.3, -0.25) is 9.78 Å². The maximum absolute atomic E-state index is 12.6. The van der Waals surface area contributed by atoms with Crippen LogP contribution >= 0.6 is 0 Å². The summed E-state index contributed by atoms with van der Waals surface area (Å²) in [6, 6.07) is 1.74. The Balaban J connectivity index is 1.66. The second-order valence-electron chi connectivity index (χ2n) is 6.10. The van der Waals surface area contributed by atoms with Crippen LogP contribution in [0.4, 0.5) is 5.82 Å². The van der Waals surface area contributed by atoms with Crippen LogP contribution < -0.4 is 5.32 Å². The predicted octanol–water partition coefficient (Wildman–Crippen LogP) is 2.16. The molecule has 2 aromatic rings. The van der Waals surface area contributed by atoms with Gasteiger partial charge in [0.15, 0.2) is 0 Å². The van der Waals surface area contributed by atoms with Gasteiger partial charge in [0.25, 0.3) is 5.91 Å². The minimum Gasteiger partial charge on any atom is -0.372 e. The smallest absolute Gasteiger partial charge is 0.292 e. The highest BCUT2D eigenvalue weighted by molar-refractivity contribution is 5.91. The molecule has 0 unspecified atom stereocenters. The Labute approximate surface area is 141 Å². The van der Waals surface area contributed by atoms with Crippen molar-refractivity contribution in [3.05, 3.63) is 35.6 Å². The van der Waals surface area contributed by atoms with Crippen LogP contribution in [0, 0.1) is 5.92 Å². The summed E-state index contributed by atoms with van der Waals surface area (Å²) in [6.07, 6.45) is 7.04. The van der Waals surface area contributed by atoms with E-state index < -0.39 is 0 Å². The van der Waals surface area contributed by atoms with Crippen LogP contribution in [0.25, 0.3) is 0 Å². The quantitative estimate of drug-likeness (QED) is 0.905. The Hall–Kier alpha value is -2.44. The first-order valence-electron chi connectivity index (χ1n) is 8.43. The van der Waals surface area contributed by atoms with E-state index in [2.05, 4.69) is 20.4 Å². The molecule has 0 aromatic carbocycles. The molecule has 0 bridgehead atoms. The Morgan fingerprint density at radius 3 is 3.00 bits per heavy atom. The number of nitrogens with zero attached hydrogens (tertiary/aromatic N) is 4. The second-order valence-corrected chi connectivity index (χ2v) is 6.10. The lowest BCUT2D eigenvalue weighted by molar-refractivity contribution is 0.0631. The summed E-state index contributed by atoms with van der Waals surface area (Å²) >= 11 is 0. The number of hydrogen-bond acceptors (Lipinski definition) is 6. The normalized spacial score (nSPS) is 17.8. The molecule has 1 atom stereocenters. The number of carbonyl (C=O) groups is 1. The van der Waals surface area contributed by atoms with Crippen molar-refractivity contribution >= 4 is 11.7 Å². The van der Waals surface area contributed by atoms with Gasteiger partial charge in [-0.15, -0.1) is 0 Å². The lowest BCUT2D eigenvalue weighted by Gasteiger charge is -2.32. The van der Waals surface area contributed by atoms with E-state index in [-0.39, 0.29) is 5.91 Å². The van der Waals surface area contributed by atoms with Gasteiger partial charge in [0.05, 0.1) is 11.4 Å². The summed E-state index contributed by atoms with van der Waals surface area (Å²) < 4.78 is 5.19. The highest BCUT2D eigenvalue weighted by Crippen LogP contribution is 2.23. The summed E-state index contributed by atoms with van der Waals surface area (Å²) in [5, 5.41) is 6.99. The molecule has 7 heteroatoms. The molecule has 1 amide bonds. The predicted molar refractivity (Wildman–Crippen MR) is 89.8 cm³/mol. The lowest BCUT2D eigenvalue weighted by atomic mass is 9.93. The van der Waals surface area contributed by atoms with Crippen LogP contribution in [-0.4, -0.2) is 46.1 Å². The number of carbonyl (C=O) groups excluding carboxylic acids is 1. The largest absolute Gasteiger partial charge is 0.372 e. The van der Waals surface area contributed by atoms with Gasteiger partial charge in [0.1, 0.15) is 5.82 Å². The van der Waals surface area contributed by atoms with E-state index in [0.717, 1.165) is 49.4 Å². The van der Waals surface area contributed by atoms with Crippen molar-refractivity contribution in [1.29, 1.82) is 0 Å². The molecular weight excluding hydrogens is 306 g/mol. The molecule has 3 heterocycles. The van der Waals surface area contributed by atoms with Crippen LogP contribution in [0.2, 0.25) is 0 Å². The van der Waals surface area contributed by atoms with Crippen molar-refractivity contribution in [1.82, 2.24) is 20.0 Å². The molecule has 24 heavy (non-hydrogen) atoms. The number of aryl methyl sites for hydroxylation is 1. The van der Waals surface area contributed by atoms with Crippen LogP contribution in [0.3, 0.4) is 0 Å². The van der Waals surface area contributed by atoms with E-state index in [4.69, 9.17) is 4.52 Å². The molecule has 1 N–H and O–H groups in total. The molecule has 1 aliphatic heterocycles. The van der Waals surface area contributed by atoms with Crippen molar-refractivity contribution in [2.24, 2.45) is 5.92 Å². The molecule has 128 valence electrons. The van der Waals surface area contributed by atoms with Gasteiger partial charge in [-0.1, -0.05) is 12.1 Å². The molecule has 1 saturated heterocycles. The summed E-state index contributed by atoms with van der Waals surface area (Å²) in [7, 11) is 1.85. The van der Waals surface area contributed by atoms with Gasteiger partial charge < -0.3 is 14.7 Å². The first-order chi connectivity index (χ1) is 11.7. The van der Waals surface area contributed by atoms with E-state index in [1.807, 2.05) is 18.9 Å². The molecule has 0 saturated carbocycles. The van der Waals surface area contributed by atoms with Crippen molar-refractivity contribution in [2.45, 2.75) is 32.6 Å². The van der Waals surface area contributed by atoms with Gasteiger partial charge in [0, 0.05) is 38.6 Å². The summed E-state index contributed by atoms with van der Waals surface area (Å²) in [5.74, 6) is 1.45. The number of piperidine rings is 1. The molecule has 1 aliphatic rings. The molecule has 7 nitrogen and oxygen atoms in total. The van der Waals surface area contributed by atoms with Gasteiger partial charge in [-0.25, -0.2) is 4.98 Å². The second kappa shape index (κ2) is 7.42. The minimum absolute atomic E-state index is 0.0696. The van der Waals surface area contributed by atoms with Crippen molar-refractivity contribution in [3.63, 3.8) is 0 Å². The summed E-state index contributed by atoms with van der Waals surface area (Å²) in [4.78, 5) is 23.2. The van der Waals surface area contributed by atoms with E-state index >= 15 is 0 Å². The zero-order valence-corrected chi connectivity index (χ0v) is 14.2. The number of anilines is 1. The van der Waals surface area contributed by atoms with Crippen molar-refractivity contribution in [2.75, 3.05) is 25.5 Å². The fraction of sp³-hybridized carbons (Fsp3) is 0.529. The van der Waals surface area contributed by atoms with Gasteiger partial charge in [0.2, 0.25) is 5.76 Å². The Kier molecular flexibility index (Phi) is 5.08.